The topological polar surface area (TPSA) is 45.2 Å². The van der Waals surface area contributed by atoms with E-state index in [4.69, 9.17) is 4.98 Å². The maximum absolute atomic E-state index is 13.3. The monoisotopic (exact) mass is 423 g/mol. The van der Waals surface area contributed by atoms with E-state index in [1.54, 1.807) is 0 Å². The third-order valence-corrected chi connectivity index (χ3v) is 5.87. The van der Waals surface area contributed by atoms with Crippen LogP contribution in [0.15, 0.2) is 72.8 Å². The van der Waals surface area contributed by atoms with E-state index in [0.29, 0.717) is 5.56 Å². The second-order valence-electron chi connectivity index (χ2n) is 8.06. The predicted molar refractivity (Wildman–Crippen MR) is 135 cm³/mol. The number of para-hydroxylation sites is 1. The van der Waals surface area contributed by atoms with Gasteiger partial charge in [-0.15, -0.1) is 0 Å². The molecule has 0 atom stereocenters. The summed E-state index contributed by atoms with van der Waals surface area (Å²) in [5, 5.41) is 3.92. The van der Waals surface area contributed by atoms with Crippen molar-refractivity contribution in [1.82, 2.24) is 4.98 Å². The molecule has 4 heteroatoms. The van der Waals surface area contributed by atoms with Gasteiger partial charge < -0.3 is 10.2 Å². The molecule has 1 heterocycles. The number of amides is 1. The summed E-state index contributed by atoms with van der Waals surface area (Å²) in [6.07, 6.45) is 0. The number of hydrogen-bond acceptors (Lipinski definition) is 3. The summed E-state index contributed by atoms with van der Waals surface area (Å²) >= 11 is 0. The van der Waals surface area contributed by atoms with Gasteiger partial charge in [0.05, 0.1) is 16.8 Å². The van der Waals surface area contributed by atoms with Gasteiger partial charge >= 0.3 is 0 Å². The van der Waals surface area contributed by atoms with Crippen LogP contribution in [0.5, 0.6) is 0 Å². The highest BCUT2D eigenvalue weighted by atomic mass is 16.1. The van der Waals surface area contributed by atoms with Crippen LogP contribution < -0.4 is 10.2 Å². The summed E-state index contributed by atoms with van der Waals surface area (Å²) in [4.78, 5) is 20.5. The van der Waals surface area contributed by atoms with E-state index in [-0.39, 0.29) is 5.91 Å². The predicted octanol–water partition coefficient (Wildman–Crippen LogP) is 6.62. The van der Waals surface area contributed by atoms with Crippen molar-refractivity contribution in [3.05, 3.63) is 89.5 Å². The average molecular weight is 424 g/mol. The minimum atomic E-state index is -0.134. The van der Waals surface area contributed by atoms with E-state index in [1.807, 2.05) is 54.6 Å². The highest BCUT2D eigenvalue weighted by molar-refractivity contribution is 6.13. The van der Waals surface area contributed by atoms with Crippen molar-refractivity contribution in [2.24, 2.45) is 0 Å². The van der Waals surface area contributed by atoms with Crippen LogP contribution in [0.1, 0.15) is 35.3 Å². The highest BCUT2D eigenvalue weighted by Crippen LogP contribution is 2.28. The van der Waals surface area contributed by atoms with Gasteiger partial charge in [0.15, 0.2) is 0 Å². The molecule has 4 nitrogen and oxygen atoms in total. The molecule has 0 aliphatic rings. The molecule has 1 N–H and O–H groups in total. The van der Waals surface area contributed by atoms with E-state index in [2.05, 4.69) is 56.1 Å². The Kier molecular flexibility index (Phi) is 6.22. The molecule has 0 saturated carbocycles. The number of nitrogens with one attached hydrogen (secondary N) is 1. The summed E-state index contributed by atoms with van der Waals surface area (Å²) in [7, 11) is 0. The van der Waals surface area contributed by atoms with Crippen molar-refractivity contribution in [2.75, 3.05) is 23.3 Å². The number of carbonyl (C=O) groups is 1. The summed E-state index contributed by atoms with van der Waals surface area (Å²) in [6, 6.07) is 24.0. The Bertz CT molecular complexity index is 1260. The molecule has 0 radical (unpaired) electrons. The Morgan fingerprint density at radius 1 is 0.906 bits per heavy atom. The number of carbonyl (C=O) groups excluding carboxylic acids is 1. The zero-order valence-electron chi connectivity index (χ0n) is 19.1. The first-order valence-corrected chi connectivity index (χ1v) is 11.1. The molecule has 4 rings (SSSR count). The van der Waals surface area contributed by atoms with Crippen molar-refractivity contribution in [3.63, 3.8) is 0 Å². The number of aromatic nitrogens is 1. The van der Waals surface area contributed by atoms with E-state index in [1.165, 1.54) is 5.56 Å². The second-order valence-corrected chi connectivity index (χ2v) is 8.06. The van der Waals surface area contributed by atoms with E-state index in [9.17, 15) is 4.79 Å². The van der Waals surface area contributed by atoms with Crippen LogP contribution in [0.25, 0.3) is 22.2 Å². The summed E-state index contributed by atoms with van der Waals surface area (Å²) in [5.41, 5.74) is 7.57. The number of fused-ring (bicyclic) bond motifs is 1. The Labute approximate surface area is 189 Å². The first kappa shape index (κ1) is 21.6. The molecule has 32 heavy (non-hydrogen) atoms. The fourth-order valence-electron chi connectivity index (χ4n) is 4.14. The van der Waals surface area contributed by atoms with Crippen LogP contribution in [0.4, 0.5) is 11.4 Å². The third-order valence-electron chi connectivity index (χ3n) is 5.87. The molecule has 0 aliphatic carbocycles. The maximum atomic E-state index is 13.3. The van der Waals surface area contributed by atoms with E-state index in [0.717, 1.165) is 52.2 Å². The molecule has 0 fully saturated rings. The first-order valence-electron chi connectivity index (χ1n) is 11.1. The van der Waals surface area contributed by atoms with Crippen molar-refractivity contribution in [2.45, 2.75) is 27.7 Å². The zero-order valence-corrected chi connectivity index (χ0v) is 19.1. The van der Waals surface area contributed by atoms with Crippen molar-refractivity contribution in [1.29, 1.82) is 0 Å². The molecular formula is C28H29N3O. The number of hydrogen-bond donors (Lipinski definition) is 1. The lowest BCUT2D eigenvalue weighted by molar-refractivity contribution is 0.102. The molecule has 0 spiro atoms. The van der Waals surface area contributed by atoms with Crippen LogP contribution in [0.3, 0.4) is 0 Å². The summed E-state index contributed by atoms with van der Waals surface area (Å²) in [6.45, 7) is 10.3. The van der Waals surface area contributed by atoms with Gasteiger partial charge in [0.1, 0.15) is 0 Å². The molecule has 162 valence electrons. The number of rotatable bonds is 6. The summed E-state index contributed by atoms with van der Waals surface area (Å²) < 4.78 is 0. The van der Waals surface area contributed by atoms with Crippen LogP contribution in [-0.4, -0.2) is 24.0 Å². The number of pyridine rings is 1. The molecule has 4 aromatic rings. The molecule has 0 unspecified atom stereocenters. The lowest BCUT2D eigenvalue weighted by Gasteiger charge is -2.21. The van der Waals surface area contributed by atoms with E-state index >= 15 is 0 Å². The molecular weight excluding hydrogens is 394 g/mol. The molecule has 3 aromatic carbocycles. The minimum absolute atomic E-state index is 0.134. The third kappa shape index (κ3) is 4.35. The largest absolute Gasteiger partial charge is 0.372 e. The summed E-state index contributed by atoms with van der Waals surface area (Å²) in [5.74, 6) is -0.134. The Morgan fingerprint density at radius 2 is 1.62 bits per heavy atom. The zero-order chi connectivity index (χ0) is 22.7. The van der Waals surface area contributed by atoms with Crippen LogP contribution in [-0.2, 0) is 0 Å². The van der Waals surface area contributed by atoms with Gasteiger partial charge in [-0.3, -0.25) is 4.79 Å². The molecule has 0 saturated heterocycles. The second kappa shape index (κ2) is 9.23. The Morgan fingerprint density at radius 3 is 2.31 bits per heavy atom. The maximum Gasteiger partial charge on any atom is 0.256 e. The first-order chi connectivity index (χ1) is 15.5. The number of benzene rings is 3. The Hall–Kier alpha value is -3.66. The fraction of sp³-hybridized carbons (Fsp3) is 0.214. The molecule has 1 aromatic heterocycles. The van der Waals surface area contributed by atoms with Gasteiger partial charge in [0.2, 0.25) is 0 Å². The number of aryl methyl sites for hydroxylation is 2. The van der Waals surface area contributed by atoms with Crippen molar-refractivity contribution >= 4 is 28.2 Å². The Balaban J connectivity index is 1.70. The molecule has 0 bridgehead atoms. The van der Waals surface area contributed by atoms with Gasteiger partial charge in [0.25, 0.3) is 5.91 Å². The fourth-order valence-corrected chi connectivity index (χ4v) is 4.14. The van der Waals surface area contributed by atoms with Gasteiger partial charge in [-0.05, 0) is 69.7 Å². The van der Waals surface area contributed by atoms with Crippen molar-refractivity contribution < 1.29 is 4.79 Å². The lowest BCUT2D eigenvalue weighted by Crippen LogP contribution is -2.21. The number of anilines is 2. The highest BCUT2D eigenvalue weighted by Gasteiger charge is 2.15. The SMILES string of the molecule is CCN(CC)c1ccc(NC(=O)c2cc(-c3ccc(C)cc3C)nc3ccccc23)cc1. The van der Waals surface area contributed by atoms with Gasteiger partial charge in [0, 0.05) is 35.4 Å². The lowest BCUT2D eigenvalue weighted by atomic mass is 9.99. The molecule has 1 amide bonds. The quantitative estimate of drug-likeness (QED) is 0.379. The van der Waals surface area contributed by atoms with Crippen molar-refractivity contribution in [3.8, 4) is 11.3 Å². The average Bonchev–Trinajstić information content (AvgIpc) is 2.80. The van der Waals surface area contributed by atoms with Crippen LogP contribution in [0.2, 0.25) is 0 Å². The normalized spacial score (nSPS) is 10.9. The van der Waals surface area contributed by atoms with Gasteiger partial charge in [-0.2, -0.15) is 0 Å². The number of nitrogens with zero attached hydrogens (tertiary/aromatic N) is 2. The standard InChI is InChI=1S/C28H29N3O/c1-5-31(6-2)22-14-12-21(13-15-22)29-28(32)25-18-27(23-16-11-19(3)17-20(23)4)30-26-10-8-7-9-24(25)26/h7-18H,5-6H2,1-4H3,(H,29,32). The minimum Gasteiger partial charge on any atom is -0.372 e. The van der Waals surface area contributed by atoms with Crippen LogP contribution >= 0.6 is 0 Å². The van der Waals surface area contributed by atoms with Crippen LogP contribution in [0, 0.1) is 13.8 Å². The van der Waals surface area contributed by atoms with Gasteiger partial charge in [-0.1, -0.05) is 42.0 Å². The van der Waals surface area contributed by atoms with E-state index < -0.39 is 0 Å². The van der Waals surface area contributed by atoms with Gasteiger partial charge in [-0.25, -0.2) is 4.98 Å². The molecule has 0 aliphatic heterocycles. The smallest absolute Gasteiger partial charge is 0.256 e.